The van der Waals surface area contributed by atoms with E-state index in [4.69, 9.17) is 4.74 Å². The third-order valence-corrected chi connectivity index (χ3v) is 5.67. The molecule has 0 aromatic carbocycles. The van der Waals surface area contributed by atoms with Crippen molar-refractivity contribution in [2.45, 2.75) is 149 Å². The Balaban J connectivity index is 3.11. The Morgan fingerprint density at radius 1 is 0.607 bits per heavy atom. The highest BCUT2D eigenvalue weighted by atomic mass is 16.5. The molecule has 0 aliphatic rings. The van der Waals surface area contributed by atoms with Crippen LogP contribution in [-0.2, 0) is 9.53 Å². The van der Waals surface area contributed by atoms with Gasteiger partial charge < -0.3 is 4.74 Å². The minimum Gasteiger partial charge on any atom is -0.466 e. The zero-order chi connectivity index (χ0) is 20.7. The predicted molar refractivity (Wildman–Crippen MR) is 124 cm³/mol. The number of esters is 1. The molecule has 0 atom stereocenters. The van der Waals surface area contributed by atoms with Crippen molar-refractivity contribution in [2.24, 2.45) is 5.92 Å². The monoisotopic (exact) mass is 396 g/mol. The fourth-order valence-electron chi connectivity index (χ4n) is 3.73. The Bertz CT molecular complexity index is 312. The molecule has 0 aromatic heterocycles. The van der Waals surface area contributed by atoms with E-state index in [1.807, 2.05) is 0 Å². The van der Waals surface area contributed by atoms with Crippen molar-refractivity contribution in [2.75, 3.05) is 6.61 Å². The summed E-state index contributed by atoms with van der Waals surface area (Å²) in [6.07, 6.45) is 25.9. The molecule has 0 aromatic rings. The van der Waals surface area contributed by atoms with Gasteiger partial charge in [-0.25, -0.2) is 0 Å². The Kier molecular flexibility index (Phi) is 22.3. The topological polar surface area (TPSA) is 26.3 Å². The lowest BCUT2D eigenvalue weighted by molar-refractivity contribution is -0.143. The summed E-state index contributed by atoms with van der Waals surface area (Å²) in [6, 6.07) is 0. The summed E-state index contributed by atoms with van der Waals surface area (Å²) in [5.74, 6) is 0.742. The molecule has 0 N–H and O–H groups in total. The number of carbonyl (C=O) groups excluding carboxylic acids is 1. The normalized spacial score (nSPS) is 11.3. The molecule has 0 fully saturated rings. The van der Waals surface area contributed by atoms with Crippen molar-refractivity contribution in [3.8, 4) is 0 Å². The van der Waals surface area contributed by atoms with Crippen molar-refractivity contribution in [3.63, 3.8) is 0 Å². The van der Waals surface area contributed by atoms with Gasteiger partial charge in [-0.3, -0.25) is 4.79 Å². The summed E-state index contributed by atoms with van der Waals surface area (Å²) < 4.78 is 5.33. The van der Waals surface area contributed by atoms with E-state index in [-0.39, 0.29) is 5.97 Å². The summed E-state index contributed by atoms with van der Waals surface area (Å²) in [5, 5.41) is 0. The first-order chi connectivity index (χ1) is 13.7. The fourth-order valence-corrected chi connectivity index (χ4v) is 3.73. The van der Waals surface area contributed by atoms with Crippen LogP contribution < -0.4 is 0 Å². The molecule has 0 radical (unpaired) electrons. The van der Waals surface area contributed by atoms with Gasteiger partial charge in [0.2, 0.25) is 0 Å². The number of unbranched alkanes of at least 4 members (excludes halogenated alkanes) is 16. The highest BCUT2D eigenvalue weighted by Gasteiger charge is 2.03. The van der Waals surface area contributed by atoms with Gasteiger partial charge in [0, 0.05) is 6.42 Å². The average molecular weight is 397 g/mol. The standard InChI is InChI=1S/C26H52O2/c1-4-5-6-7-8-9-10-11-12-13-14-15-16-17-18-21-24-28-26(27)23-20-19-22-25(2)3/h25H,4-24H2,1-3H3. The smallest absolute Gasteiger partial charge is 0.305 e. The first kappa shape index (κ1) is 27.5. The maximum atomic E-state index is 11.6. The Morgan fingerprint density at radius 3 is 1.46 bits per heavy atom. The predicted octanol–water partition coefficient (Wildman–Crippen LogP) is 9.01. The molecule has 0 saturated carbocycles. The van der Waals surface area contributed by atoms with Gasteiger partial charge in [0.25, 0.3) is 0 Å². The number of hydrogen-bond acceptors (Lipinski definition) is 2. The second-order valence-electron chi connectivity index (χ2n) is 9.16. The SMILES string of the molecule is CCCCCCCCCCCCCCCCCCOC(=O)CCCCC(C)C. The molecule has 0 bridgehead atoms. The number of hydrogen-bond donors (Lipinski definition) is 0. The molecule has 28 heavy (non-hydrogen) atoms. The van der Waals surface area contributed by atoms with Crippen molar-refractivity contribution in [1.29, 1.82) is 0 Å². The maximum Gasteiger partial charge on any atom is 0.305 e. The molecule has 0 heterocycles. The van der Waals surface area contributed by atoms with Crippen LogP contribution in [0, 0.1) is 5.92 Å². The van der Waals surface area contributed by atoms with Crippen molar-refractivity contribution in [3.05, 3.63) is 0 Å². The Morgan fingerprint density at radius 2 is 1.04 bits per heavy atom. The average Bonchev–Trinajstić information content (AvgIpc) is 2.67. The van der Waals surface area contributed by atoms with Gasteiger partial charge in [-0.2, -0.15) is 0 Å². The van der Waals surface area contributed by atoms with Crippen molar-refractivity contribution in [1.82, 2.24) is 0 Å². The summed E-state index contributed by atoms with van der Waals surface area (Å²) in [6.45, 7) is 7.38. The van der Waals surface area contributed by atoms with Crippen LogP contribution in [0.4, 0.5) is 0 Å². The van der Waals surface area contributed by atoms with Gasteiger partial charge in [0.05, 0.1) is 6.61 Å². The Labute approximate surface area is 177 Å². The van der Waals surface area contributed by atoms with Gasteiger partial charge in [-0.1, -0.05) is 130 Å². The van der Waals surface area contributed by atoms with Gasteiger partial charge in [0.1, 0.15) is 0 Å². The number of rotatable bonds is 22. The second-order valence-corrected chi connectivity index (χ2v) is 9.16. The molecule has 168 valence electrons. The van der Waals surface area contributed by atoms with E-state index in [2.05, 4.69) is 20.8 Å². The fraction of sp³-hybridized carbons (Fsp3) is 0.962. The highest BCUT2D eigenvalue weighted by molar-refractivity contribution is 5.69. The van der Waals surface area contributed by atoms with Crippen LogP contribution in [0.5, 0.6) is 0 Å². The molecule has 0 saturated heterocycles. The van der Waals surface area contributed by atoms with Crippen LogP contribution in [0.1, 0.15) is 149 Å². The van der Waals surface area contributed by atoms with Gasteiger partial charge in [0.15, 0.2) is 0 Å². The Hall–Kier alpha value is -0.530. The lowest BCUT2D eigenvalue weighted by Gasteiger charge is -2.06. The van der Waals surface area contributed by atoms with E-state index < -0.39 is 0 Å². The zero-order valence-corrected chi connectivity index (χ0v) is 19.7. The minimum absolute atomic E-state index is 0.00437. The maximum absolute atomic E-state index is 11.6. The summed E-state index contributed by atoms with van der Waals surface area (Å²) in [5.41, 5.74) is 0. The molecule has 0 aliphatic heterocycles. The lowest BCUT2D eigenvalue weighted by Crippen LogP contribution is -2.05. The third-order valence-electron chi connectivity index (χ3n) is 5.67. The van der Waals surface area contributed by atoms with Gasteiger partial charge in [-0.05, 0) is 18.8 Å². The summed E-state index contributed by atoms with van der Waals surface area (Å²) >= 11 is 0. The molecule has 0 aliphatic carbocycles. The molecular weight excluding hydrogens is 344 g/mol. The van der Waals surface area contributed by atoms with Gasteiger partial charge >= 0.3 is 5.97 Å². The third kappa shape index (κ3) is 23.5. The summed E-state index contributed by atoms with van der Waals surface area (Å²) in [4.78, 5) is 11.6. The molecule has 0 amide bonds. The van der Waals surface area contributed by atoms with Crippen LogP contribution in [0.15, 0.2) is 0 Å². The molecule has 0 rings (SSSR count). The highest BCUT2D eigenvalue weighted by Crippen LogP contribution is 2.14. The van der Waals surface area contributed by atoms with E-state index in [0.717, 1.165) is 25.2 Å². The first-order valence-electron chi connectivity index (χ1n) is 12.8. The number of ether oxygens (including phenoxy) is 1. The van der Waals surface area contributed by atoms with Gasteiger partial charge in [-0.15, -0.1) is 0 Å². The van der Waals surface area contributed by atoms with E-state index >= 15 is 0 Å². The molecule has 0 spiro atoms. The van der Waals surface area contributed by atoms with E-state index in [1.54, 1.807) is 0 Å². The second kappa shape index (κ2) is 22.8. The largest absolute Gasteiger partial charge is 0.466 e. The number of carbonyl (C=O) groups is 1. The van der Waals surface area contributed by atoms with E-state index in [1.165, 1.54) is 103 Å². The van der Waals surface area contributed by atoms with Crippen molar-refractivity contribution < 1.29 is 9.53 Å². The summed E-state index contributed by atoms with van der Waals surface area (Å²) in [7, 11) is 0. The molecule has 2 nitrogen and oxygen atoms in total. The zero-order valence-electron chi connectivity index (χ0n) is 19.7. The minimum atomic E-state index is 0.00437. The first-order valence-corrected chi connectivity index (χ1v) is 12.8. The quantitative estimate of drug-likeness (QED) is 0.135. The molecule has 0 unspecified atom stereocenters. The van der Waals surface area contributed by atoms with Crippen LogP contribution in [0.3, 0.4) is 0 Å². The van der Waals surface area contributed by atoms with E-state index in [9.17, 15) is 4.79 Å². The van der Waals surface area contributed by atoms with Crippen LogP contribution in [0.25, 0.3) is 0 Å². The van der Waals surface area contributed by atoms with Crippen molar-refractivity contribution >= 4 is 5.97 Å². The molecular formula is C26H52O2. The van der Waals surface area contributed by atoms with Crippen LogP contribution in [-0.4, -0.2) is 12.6 Å². The lowest BCUT2D eigenvalue weighted by atomic mass is 10.0. The van der Waals surface area contributed by atoms with E-state index in [0.29, 0.717) is 13.0 Å². The van der Waals surface area contributed by atoms with Crippen LogP contribution >= 0.6 is 0 Å². The van der Waals surface area contributed by atoms with Crippen LogP contribution in [0.2, 0.25) is 0 Å². The molecule has 2 heteroatoms.